The number of likely N-dealkylation sites (tertiary alicyclic amines) is 2. The van der Waals surface area contributed by atoms with Gasteiger partial charge in [0.15, 0.2) is 0 Å². The maximum Gasteiger partial charge on any atom is 0.254 e. The Morgan fingerprint density at radius 2 is 1.89 bits per heavy atom. The van der Waals surface area contributed by atoms with Crippen LogP contribution in [-0.4, -0.2) is 67.0 Å². The Balaban J connectivity index is 1.50. The molecule has 0 radical (unpaired) electrons. The minimum absolute atomic E-state index is 0.0329. The van der Waals surface area contributed by atoms with Crippen molar-refractivity contribution in [3.8, 4) is 5.75 Å². The number of nitrogens with one attached hydrogen (secondary N) is 1. The zero-order valence-electron chi connectivity index (χ0n) is 16.6. The molecule has 27 heavy (non-hydrogen) atoms. The summed E-state index contributed by atoms with van der Waals surface area (Å²) in [4.78, 5) is 29.6. The van der Waals surface area contributed by atoms with Gasteiger partial charge < -0.3 is 19.9 Å². The van der Waals surface area contributed by atoms with E-state index in [-0.39, 0.29) is 23.8 Å². The van der Waals surface area contributed by atoms with Crippen LogP contribution in [0.2, 0.25) is 0 Å². The molecule has 0 aromatic heterocycles. The highest BCUT2D eigenvalue weighted by Crippen LogP contribution is 2.22. The SMILES string of the molecule is COc1cccc(C(=O)N2CC[C@@H](C(=O)NC3CCN(C(C)C)CC3)C2)c1. The van der Waals surface area contributed by atoms with E-state index in [4.69, 9.17) is 4.74 Å². The van der Waals surface area contributed by atoms with Crippen LogP contribution in [0.25, 0.3) is 0 Å². The maximum absolute atomic E-state index is 12.7. The molecule has 3 rings (SSSR count). The Labute approximate surface area is 161 Å². The number of methoxy groups -OCH3 is 1. The van der Waals surface area contributed by atoms with Gasteiger partial charge in [-0.05, 0) is 51.3 Å². The molecule has 0 aliphatic carbocycles. The molecule has 2 aliphatic heterocycles. The Morgan fingerprint density at radius 1 is 1.15 bits per heavy atom. The van der Waals surface area contributed by atoms with E-state index in [0.29, 0.717) is 30.4 Å². The van der Waals surface area contributed by atoms with Crippen LogP contribution in [0.5, 0.6) is 5.75 Å². The highest BCUT2D eigenvalue weighted by molar-refractivity contribution is 5.95. The molecule has 1 atom stereocenters. The summed E-state index contributed by atoms with van der Waals surface area (Å²) >= 11 is 0. The molecule has 2 amide bonds. The van der Waals surface area contributed by atoms with Crippen molar-refractivity contribution in [2.45, 2.75) is 45.2 Å². The molecule has 2 saturated heterocycles. The number of carbonyl (C=O) groups excluding carboxylic acids is 2. The zero-order chi connectivity index (χ0) is 19.4. The molecule has 1 aromatic rings. The van der Waals surface area contributed by atoms with Crippen molar-refractivity contribution in [1.82, 2.24) is 15.1 Å². The summed E-state index contributed by atoms with van der Waals surface area (Å²) in [5, 5.41) is 3.21. The van der Waals surface area contributed by atoms with Crippen molar-refractivity contribution >= 4 is 11.8 Å². The summed E-state index contributed by atoms with van der Waals surface area (Å²) in [6, 6.07) is 8.00. The summed E-state index contributed by atoms with van der Waals surface area (Å²) < 4.78 is 5.20. The lowest BCUT2D eigenvalue weighted by Gasteiger charge is -2.35. The van der Waals surface area contributed by atoms with Gasteiger partial charge in [0.2, 0.25) is 5.91 Å². The Bertz CT molecular complexity index is 668. The van der Waals surface area contributed by atoms with E-state index < -0.39 is 0 Å². The molecule has 0 saturated carbocycles. The van der Waals surface area contributed by atoms with Crippen molar-refractivity contribution in [1.29, 1.82) is 0 Å². The third kappa shape index (κ3) is 4.80. The fourth-order valence-corrected chi connectivity index (χ4v) is 3.98. The number of rotatable bonds is 5. The van der Waals surface area contributed by atoms with Gasteiger partial charge in [0.1, 0.15) is 5.75 Å². The number of carbonyl (C=O) groups is 2. The molecule has 0 spiro atoms. The van der Waals surface area contributed by atoms with Crippen LogP contribution in [0.3, 0.4) is 0 Å². The molecule has 0 bridgehead atoms. The molecule has 6 heteroatoms. The largest absolute Gasteiger partial charge is 0.497 e. The lowest BCUT2D eigenvalue weighted by molar-refractivity contribution is -0.125. The standard InChI is InChI=1S/C21H31N3O3/c1-15(2)23-11-8-18(9-12-23)22-20(25)17-7-10-24(14-17)21(26)16-5-4-6-19(13-16)27-3/h4-6,13,15,17-18H,7-12,14H2,1-3H3,(H,22,25)/t17-/m1/s1. The lowest BCUT2D eigenvalue weighted by Crippen LogP contribution is -2.48. The van der Waals surface area contributed by atoms with Crippen molar-refractivity contribution in [2.24, 2.45) is 5.92 Å². The summed E-state index contributed by atoms with van der Waals surface area (Å²) in [6.45, 7) is 7.62. The molecule has 1 N–H and O–H groups in total. The van der Waals surface area contributed by atoms with Gasteiger partial charge in [-0.2, -0.15) is 0 Å². The van der Waals surface area contributed by atoms with E-state index in [2.05, 4.69) is 24.1 Å². The second-order valence-corrected chi connectivity index (χ2v) is 7.88. The number of benzene rings is 1. The van der Waals surface area contributed by atoms with E-state index in [1.807, 2.05) is 12.1 Å². The third-order valence-electron chi connectivity index (χ3n) is 5.77. The van der Waals surface area contributed by atoms with Gasteiger partial charge in [-0.1, -0.05) is 6.07 Å². The molecule has 2 fully saturated rings. The topological polar surface area (TPSA) is 61.9 Å². The summed E-state index contributed by atoms with van der Waals surface area (Å²) in [7, 11) is 1.59. The van der Waals surface area contributed by atoms with Gasteiger partial charge in [-0.25, -0.2) is 0 Å². The number of amides is 2. The van der Waals surface area contributed by atoms with Crippen LogP contribution in [0.1, 0.15) is 43.5 Å². The maximum atomic E-state index is 12.7. The van der Waals surface area contributed by atoms with Gasteiger partial charge in [0.25, 0.3) is 5.91 Å². The van der Waals surface area contributed by atoms with Crippen molar-refractivity contribution in [2.75, 3.05) is 33.3 Å². The molecule has 6 nitrogen and oxygen atoms in total. The molecule has 2 aliphatic rings. The van der Waals surface area contributed by atoms with Crippen LogP contribution < -0.4 is 10.1 Å². The number of nitrogens with zero attached hydrogens (tertiary/aromatic N) is 2. The Kier molecular flexibility index (Phi) is 6.37. The van der Waals surface area contributed by atoms with Gasteiger partial charge in [-0.3, -0.25) is 9.59 Å². The molecular formula is C21H31N3O3. The molecular weight excluding hydrogens is 342 g/mol. The molecule has 2 heterocycles. The van der Waals surface area contributed by atoms with Gasteiger partial charge in [0, 0.05) is 43.8 Å². The van der Waals surface area contributed by atoms with Crippen LogP contribution in [0.4, 0.5) is 0 Å². The number of hydrogen-bond acceptors (Lipinski definition) is 4. The average Bonchev–Trinajstić information content (AvgIpc) is 3.18. The molecule has 0 unspecified atom stereocenters. The van der Waals surface area contributed by atoms with Gasteiger partial charge in [-0.15, -0.1) is 0 Å². The Hall–Kier alpha value is -2.08. The quantitative estimate of drug-likeness (QED) is 0.859. The lowest BCUT2D eigenvalue weighted by atomic mass is 10.0. The number of piperidine rings is 1. The van der Waals surface area contributed by atoms with Crippen molar-refractivity contribution in [3.05, 3.63) is 29.8 Å². The minimum atomic E-state index is -0.109. The van der Waals surface area contributed by atoms with Crippen LogP contribution in [-0.2, 0) is 4.79 Å². The summed E-state index contributed by atoms with van der Waals surface area (Å²) in [6.07, 6.45) is 2.73. The van der Waals surface area contributed by atoms with E-state index in [1.165, 1.54) is 0 Å². The van der Waals surface area contributed by atoms with E-state index in [1.54, 1.807) is 24.1 Å². The zero-order valence-corrected chi connectivity index (χ0v) is 16.6. The smallest absolute Gasteiger partial charge is 0.254 e. The van der Waals surface area contributed by atoms with E-state index in [9.17, 15) is 9.59 Å². The summed E-state index contributed by atoms with van der Waals surface area (Å²) in [5.74, 6) is 0.623. The van der Waals surface area contributed by atoms with E-state index in [0.717, 1.165) is 32.4 Å². The fraction of sp³-hybridized carbons (Fsp3) is 0.619. The fourth-order valence-electron chi connectivity index (χ4n) is 3.98. The van der Waals surface area contributed by atoms with Crippen molar-refractivity contribution in [3.63, 3.8) is 0 Å². The minimum Gasteiger partial charge on any atom is -0.497 e. The number of hydrogen-bond donors (Lipinski definition) is 1. The van der Waals surface area contributed by atoms with Crippen LogP contribution >= 0.6 is 0 Å². The Morgan fingerprint density at radius 3 is 2.56 bits per heavy atom. The highest BCUT2D eigenvalue weighted by atomic mass is 16.5. The monoisotopic (exact) mass is 373 g/mol. The first-order valence-corrected chi connectivity index (χ1v) is 9.95. The van der Waals surface area contributed by atoms with Gasteiger partial charge in [0.05, 0.1) is 13.0 Å². The highest BCUT2D eigenvalue weighted by Gasteiger charge is 2.33. The first kappa shape index (κ1) is 19.7. The third-order valence-corrected chi connectivity index (χ3v) is 5.77. The number of ether oxygens (including phenoxy) is 1. The first-order chi connectivity index (χ1) is 13.0. The predicted octanol–water partition coefficient (Wildman–Crippen LogP) is 2.15. The molecule has 148 valence electrons. The predicted molar refractivity (Wildman–Crippen MR) is 105 cm³/mol. The first-order valence-electron chi connectivity index (χ1n) is 9.95. The van der Waals surface area contributed by atoms with E-state index >= 15 is 0 Å². The van der Waals surface area contributed by atoms with Crippen molar-refractivity contribution < 1.29 is 14.3 Å². The average molecular weight is 373 g/mol. The molecule has 1 aromatic carbocycles. The van der Waals surface area contributed by atoms with Crippen LogP contribution in [0, 0.1) is 5.92 Å². The van der Waals surface area contributed by atoms with Crippen LogP contribution in [0.15, 0.2) is 24.3 Å². The van der Waals surface area contributed by atoms with Gasteiger partial charge >= 0.3 is 0 Å². The second kappa shape index (κ2) is 8.74. The normalized spacial score (nSPS) is 21.5. The second-order valence-electron chi connectivity index (χ2n) is 7.88. The summed E-state index contributed by atoms with van der Waals surface area (Å²) in [5.41, 5.74) is 0.608.